The zero-order valence-corrected chi connectivity index (χ0v) is 18.9. The lowest BCUT2D eigenvalue weighted by Crippen LogP contribution is -2.42. The van der Waals surface area contributed by atoms with Gasteiger partial charge in [0.05, 0.1) is 9.82 Å². The quantitative estimate of drug-likeness (QED) is 0.432. The average molecular weight is 435 g/mol. The van der Waals surface area contributed by atoms with Crippen LogP contribution in [0, 0.1) is 17.0 Å². The van der Waals surface area contributed by atoms with Crippen LogP contribution in [0.5, 0.6) is 0 Å². The van der Waals surface area contributed by atoms with E-state index in [1.54, 1.807) is 12.1 Å². The van der Waals surface area contributed by atoms with E-state index < -0.39 is 14.9 Å². The molecule has 0 aliphatic rings. The molecule has 0 heterocycles. The van der Waals surface area contributed by atoms with Crippen molar-refractivity contribution in [3.8, 4) is 0 Å². The highest BCUT2D eigenvalue weighted by Crippen LogP contribution is 2.30. The summed E-state index contributed by atoms with van der Waals surface area (Å²) in [4.78, 5) is 13.0. The standard InChI is InChI=1S/C21H30N4O4S/c1-15(2)24(16(3)4)13-12-22-30(28,29)19-10-11-20(21(14-19)25(26)27)23-18-8-6-17(5)7-9-18/h6-11,14-16,22-23H,12-13H2,1-5H3. The van der Waals surface area contributed by atoms with Crippen molar-refractivity contribution in [1.29, 1.82) is 0 Å². The molecule has 0 radical (unpaired) electrons. The minimum atomic E-state index is -3.87. The number of hydrogen-bond donors (Lipinski definition) is 2. The van der Waals surface area contributed by atoms with Crippen LogP contribution in [-0.4, -0.2) is 43.4 Å². The Morgan fingerprint density at radius 3 is 2.17 bits per heavy atom. The molecule has 164 valence electrons. The molecule has 0 aliphatic carbocycles. The lowest BCUT2D eigenvalue weighted by atomic mass is 10.2. The van der Waals surface area contributed by atoms with Gasteiger partial charge in [-0.2, -0.15) is 0 Å². The summed E-state index contributed by atoms with van der Waals surface area (Å²) < 4.78 is 27.9. The van der Waals surface area contributed by atoms with Crippen LogP contribution >= 0.6 is 0 Å². The first-order valence-electron chi connectivity index (χ1n) is 9.89. The zero-order chi connectivity index (χ0) is 22.5. The van der Waals surface area contributed by atoms with Gasteiger partial charge in [0.25, 0.3) is 5.69 Å². The number of benzene rings is 2. The second kappa shape index (κ2) is 10.0. The predicted octanol–water partition coefficient (Wildman–Crippen LogP) is 4.04. The Bertz CT molecular complexity index is 965. The fourth-order valence-electron chi connectivity index (χ4n) is 3.23. The Kier molecular flexibility index (Phi) is 7.94. The molecule has 0 fully saturated rings. The van der Waals surface area contributed by atoms with Crippen LogP contribution in [0.15, 0.2) is 47.4 Å². The van der Waals surface area contributed by atoms with Crippen molar-refractivity contribution in [2.45, 2.75) is 51.6 Å². The van der Waals surface area contributed by atoms with Gasteiger partial charge in [-0.1, -0.05) is 17.7 Å². The van der Waals surface area contributed by atoms with Gasteiger partial charge in [-0.05, 0) is 58.9 Å². The Morgan fingerprint density at radius 2 is 1.63 bits per heavy atom. The van der Waals surface area contributed by atoms with Gasteiger partial charge in [0.15, 0.2) is 0 Å². The van der Waals surface area contributed by atoms with E-state index in [0.717, 1.165) is 11.6 Å². The van der Waals surface area contributed by atoms with Gasteiger partial charge < -0.3 is 5.32 Å². The highest BCUT2D eigenvalue weighted by molar-refractivity contribution is 7.89. The van der Waals surface area contributed by atoms with Crippen molar-refractivity contribution < 1.29 is 13.3 Å². The molecule has 0 atom stereocenters. The van der Waals surface area contributed by atoms with Crippen molar-refractivity contribution >= 4 is 27.1 Å². The molecule has 9 heteroatoms. The van der Waals surface area contributed by atoms with Crippen LogP contribution in [0.1, 0.15) is 33.3 Å². The van der Waals surface area contributed by atoms with Crippen LogP contribution < -0.4 is 10.0 Å². The smallest absolute Gasteiger partial charge is 0.294 e. The second-order valence-electron chi connectivity index (χ2n) is 7.75. The molecule has 8 nitrogen and oxygen atoms in total. The van der Waals surface area contributed by atoms with Gasteiger partial charge in [-0.3, -0.25) is 15.0 Å². The minimum absolute atomic E-state index is 0.135. The summed E-state index contributed by atoms with van der Waals surface area (Å²) in [6, 6.07) is 11.8. The molecular weight excluding hydrogens is 404 g/mol. The summed E-state index contributed by atoms with van der Waals surface area (Å²) in [5.74, 6) is 0. The van der Waals surface area contributed by atoms with Gasteiger partial charge in [0, 0.05) is 36.9 Å². The van der Waals surface area contributed by atoms with E-state index in [1.807, 2.05) is 19.1 Å². The molecule has 30 heavy (non-hydrogen) atoms. The first kappa shape index (κ1) is 23.8. The summed E-state index contributed by atoms with van der Waals surface area (Å²) in [6.07, 6.45) is 0. The molecule has 0 saturated heterocycles. The fourth-order valence-corrected chi connectivity index (χ4v) is 4.27. The zero-order valence-electron chi connectivity index (χ0n) is 18.0. The topological polar surface area (TPSA) is 105 Å². The highest BCUT2D eigenvalue weighted by atomic mass is 32.2. The van der Waals surface area contributed by atoms with Crippen molar-refractivity contribution in [1.82, 2.24) is 9.62 Å². The number of anilines is 2. The lowest BCUT2D eigenvalue weighted by molar-refractivity contribution is -0.384. The average Bonchev–Trinajstić information content (AvgIpc) is 2.66. The number of hydrogen-bond acceptors (Lipinski definition) is 6. The number of nitrogens with one attached hydrogen (secondary N) is 2. The second-order valence-corrected chi connectivity index (χ2v) is 9.52. The maximum Gasteiger partial charge on any atom is 0.294 e. The third-order valence-electron chi connectivity index (χ3n) is 4.80. The Labute approximate surface area is 178 Å². The lowest BCUT2D eigenvalue weighted by Gasteiger charge is -2.30. The van der Waals surface area contributed by atoms with E-state index >= 15 is 0 Å². The summed E-state index contributed by atoms with van der Waals surface area (Å²) >= 11 is 0. The molecule has 2 aromatic carbocycles. The van der Waals surface area contributed by atoms with Gasteiger partial charge in [-0.25, -0.2) is 13.1 Å². The molecule has 2 rings (SSSR count). The fraction of sp³-hybridized carbons (Fsp3) is 0.429. The van der Waals surface area contributed by atoms with Crippen LogP contribution in [-0.2, 0) is 10.0 Å². The van der Waals surface area contributed by atoms with Crippen molar-refractivity contribution in [3.63, 3.8) is 0 Å². The normalized spacial score (nSPS) is 12.0. The monoisotopic (exact) mass is 434 g/mol. The van der Waals surface area contributed by atoms with Crippen LogP contribution in [0.4, 0.5) is 17.1 Å². The highest BCUT2D eigenvalue weighted by Gasteiger charge is 2.22. The first-order chi connectivity index (χ1) is 14.0. The van der Waals surface area contributed by atoms with E-state index in [4.69, 9.17) is 0 Å². The van der Waals surface area contributed by atoms with Crippen molar-refractivity contribution in [2.24, 2.45) is 0 Å². The Hall–Kier alpha value is -2.49. The Balaban J connectivity index is 2.19. The summed E-state index contributed by atoms with van der Waals surface area (Å²) in [6.45, 7) is 10.9. The molecule has 0 bridgehead atoms. The third-order valence-corrected chi connectivity index (χ3v) is 6.25. The van der Waals surface area contributed by atoms with Gasteiger partial charge in [0.1, 0.15) is 5.69 Å². The van der Waals surface area contributed by atoms with Crippen molar-refractivity contribution in [2.75, 3.05) is 18.4 Å². The number of rotatable bonds is 10. The predicted molar refractivity (Wildman–Crippen MR) is 120 cm³/mol. The third kappa shape index (κ3) is 6.25. The molecule has 0 spiro atoms. The number of sulfonamides is 1. The van der Waals surface area contributed by atoms with E-state index in [1.165, 1.54) is 12.1 Å². The van der Waals surface area contributed by atoms with Gasteiger partial charge in [-0.15, -0.1) is 0 Å². The van der Waals surface area contributed by atoms with Crippen LogP contribution in [0.3, 0.4) is 0 Å². The maximum atomic E-state index is 12.7. The molecule has 0 aromatic heterocycles. The van der Waals surface area contributed by atoms with Crippen molar-refractivity contribution in [3.05, 3.63) is 58.1 Å². The summed E-state index contributed by atoms with van der Waals surface area (Å²) in [7, 11) is -3.87. The van der Waals surface area contributed by atoms with Crippen LogP contribution in [0.2, 0.25) is 0 Å². The van der Waals surface area contributed by atoms with E-state index in [0.29, 0.717) is 12.2 Å². The number of aryl methyl sites for hydroxylation is 1. The molecular formula is C21H30N4O4S. The largest absolute Gasteiger partial charge is 0.350 e. The van der Waals surface area contributed by atoms with E-state index in [9.17, 15) is 18.5 Å². The van der Waals surface area contributed by atoms with Gasteiger partial charge >= 0.3 is 0 Å². The molecule has 2 aromatic rings. The molecule has 0 aliphatic heterocycles. The molecule has 0 unspecified atom stereocenters. The molecule has 0 amide bonds. The maximum absolute atomic E-state index is 12.7. The molecule has 2 N–H and O–H groups in total. The van der Waals surface area contributed by atoms with Crippen LogP contribution in [0.25, 0.3) is 0 Å². The summed E-state index contributed by atoms with van der Waals surface area (Å²) in [5.41, 5.74) is 1.67. The minimum Gasteiger partial charge on any atom is -0.350 e. The van der Waals surface area contributed by atoms with E-state index in [-0.39, 0.29) is 34.9 Å². The number of nitro benzene ring substituents is 1. The Morgan fingerprint density at radius 1 is 1.03 bits per heavy atom. The number of nitro groups is 1. The van der Waals surface area contributed by atoms with E-state index in [2.05, 4.69) is 42.6 Å². The number of nitrogens with zero attached hydrogens (tertiary/aromatic N) is 2. The SMILES string of the molecule is Cc1ccc(Nc2ccc(S(=O)(=O)NCCN(C(C)C)C(C)C)cc2[N+](=O)[O-])cc1. The molecule has 0 saturated carbocycles. The first-order valence-corrected chi connectivity index (χ1v) is 11.4. The summed E-state index contributed by atoms with van der Waals surface area (Å²) in [5, 5.41) is 14.5. The van der Waals surface area contributed by atoms with Gasteiger partial charge in [0.2, 0.25) is 10.0 Å².